The van der Waals surface area contributed by atoms with Gasteiger partial charge in [-0.05, 0) is 36.4 Å². The molecule has 2 heterocycles. The van der Waals surface area contributed by atoms with Crippen molar-refractivity contribution in [3.8, 4) is 11.3 Å². The largest absolute Gasteiger partial charge is 0.460 e. The Labute approximate surface area is 114 Å². The number of hydrogen-bond donors (Lipinski definition) is 1. The summed E-state index contributed by atoms with van der Waals surface area (Å²) in [6.07, 6.45) is 1.29. The SMILES string of the molecule is Fc1ccc(-c2ccc(CNCc3ncon3)o2)cc1. The molecule has 20 heavy (non-hydrogen) atoms. The lowest BCUT2D eigenvalue weighted by Gasteiger charge is -1.99. The highest BCUT2D eigenvalue weighted by atomic mass is 19.1. The molecule has 0 bridgehead atoms. The number of halogens is 1. The Bertz CT molecular complexity index is 662. The standard InChI is InChI=1S/C14H12FN3O2/c15-11-3-1-10(2-4-11)13-6-5-12(20-13)7-16-8-14-17-9-19-18-14/h1-6,9,16H,7-8H2. The zero-order chi connectivity index (χ0) is 13.8. The highest BCUT2D eigenvalue weighted by Gasteiger charge is 2.05. The summed E-state index contributed by atoms with van der Waals surface area (Å²) in [6, 6.07) is 9.92. The molecule has 1 N–H and O–H groups in total. The summed E-state index contributed by atoms with van der Waals surface area (Å²) in [7, 11) is 0. The first-order valence-corrected chi connectivity index (χ1v) is 6.12. The molecular formula is C14H12FN3O2. The number of rotatable bonds is 5. The normalized spacial score (nSPS) is 10.8. The van der Waals surface area contributed by atoms with E-state index < -0.39 is 0 Å². The minimum Gasteiger partial charge on any atom is -0.460 e. The molecule has 0 unspecified atom stereocenters. The van der Waals surface area contributed by atoms with Crippen LogP contribution in [0.5, 0.6) is 0 Å². The van der Waals surface area contributed by atoms with E-state index in [1.807, 2.05) is 12.1 Å². The van der Waals surface area contributed by atoms with E-state index in [2.05, 4.69) is 20.0 Å². The number of furan rings is 1. The predicted molar refractivity (Wildman–Crippen MR) is 68.9 cm³/mol. The lowest BCUT2D eigenvalue weighted by Crippen LogP contribution is -2.13. The topological polar surface area (TPSA) is 64.1 Å². The molecule has 0 fully saturated rings. The van der Waals surface area contributed by atoms with Gasteiger partial charge in [0.2, 0.25) is 6.39 Å². The summed E-state index contributed by atoms with van der Waals surface area (Å²) < 4.78 is 23.2. The van der Waals surface area contributed by atoms with Crippen LogP contribution in [0.3, 0.4) is 0 Å². The molecule has 0 atom stereocenters. The molecule has 0 amide bonds. The zero-order valence-corrected chi connectivity index (χ0v) is 10.5. The second-order valence-corrected chi connectivity index (χ2v) is 4.22. The smallest absolute Gasteiger partial charge is 0.213 e. The van der Waals surface area contributed by atoms with Gasteiger partial charge in [0.1, 0.15) is 17.3 Å². The molecule has 0 aliphatic rings. The van der Waals surface area contributed by atoms with E-state index in [4.69, 9.17) is 4.42 Å². The van der Waals surface area contributed by atoms with Crippen LogP contribution in [0.25, 0.3) is 11.3 Å². The molecule has 3 rings (SSSR count). The van der Waals surface area contributed by atoms with Crippen molar-refractivity contribution >= 4 is 0 Å². The van der Waals surface area contributed by atoms with Crippen LogP contribution in [0.2, 0.25) is 0 Å². The summed E-state index contributed by atoms with van der Waals surface area (Å²) in [5.41, 5.74) is 0.843. The molecule has 0 radical (unpaired) electrons. The summed E-state index contributed by atoms with van der Waals surface area (Å²) in [4.78, 5) is 3.90. The first-order valence-electron chi connectivity index (χ1n) is 6.12. The highest BCUT2D eigenvalue weighted by Crippen LogP contribution is 2.22. The maximum Gasteiger partial charge on any atom is 0.213 e. The van der Waals surface area contributed by atoms with Crippen LogP contribution in [0.4, 0.5) is 4.39 Å². The van der Waals surface area contributed by atoms with E-state index in [1.54, 1.807) is 12.1 Å². The van der Waals surface area contributed by atoms with Crippen molar-refractivity contribution in [1.29, 1.82) is 0 Å². The van der Waals surface area contributed by atoms with Crippen molar-refractivity contribution in [1.82, 2.24) is 15.5 Å². The van der Waals surface area contributed by atoms with Crippen LogP contribution in [-0.2, 0) is 13.1 Å². The second kappa shape index (κ2) is 5.66. The lowest BCUT2D eigenvalue weighted by atomic mass is 10.2. The quantitative estimate of drug-likeness (QED) is 0.774. The van der Waals surface area contributed by atoms with Crippen LogP contribution in [0, 0.1) is 5.82 Å². The molecule has 0 aliphatic heterocycles. The first kappa shape index (κ1) is 12.6. The van der Waals surface area contributed by atoms with Crippen molar-refractivity contribution < 1.29 is 13.3 Å². The summed E-state index contributed by atoms with van der Waals surface area (Å²) >= 11 is 0. The minimum atomic E-state index is -0.262. The molecule has 3 aromatic rings. The average molecular weight is 273 g/mol. The van der Waals surface area contributed by atoms with Gasteiger partial charge in [-0.3, -0.25) is 0 Å². The monoisotopic (exact) mass is 273 g/mol. The molecule has 0 spiro atoms. The highest BCUT2D eigenvalue weighted by molar-refractivity contribution is 5.57. The van der Waals surface area contributed by atoms with Gasteiger partial charge in [0.25, 0.3) is 0 Å². The van der Waals surface area contributed by atoms with E-state index in [-0.39, 0.29) is 5.82 Å². The van der Waals surface area contributed by atoms with Crippen molar-refractivity contribution in [2.75, 3.05) is 0 Å². The first-order chi connectivity index (χ1) is 9.81. The van der Waals surface area contributed by atoms with Crippen molar-refractivity contribution in [2.24, 2.45) is 0 Å². The number of aromatic nitrogens is 2. The third-order valence-electron chi connectivity index (χ3n) is 2.78. The summed E-state index contributed by atoms with van der Waals surface area (Å²) in [5, 5.41) is 6.83. The zero-order valence-electron chi connectivity index (χ0n) is 10.5. The summed E-state index contributed by atoms with van der Waals surface area (Å²) in [5.74, 6) is 1.83. The van der Waals surface area contributed by atoms with Crippen molar-refractivity contribution in [3.63, 3.8) is 0 Å². The maximum absolute atomic E-state index is 12.8. The third-order valence-corrected chi connectivity index (χ3v) is 2.78. The Kier molecular flexibility index (Phi) is 3.56. The van der Waals surface area contributed by atoms with E-state index in [9.17, 15) is 4.39 Å². The second-order valence-electron chi connectivity index (χ2n) is 4.22. The fraction of sp³-hybridized carbons (Fsp3) is 0.143. The molecule has 5 nitrogen and oxygen atoms in total. The van der Waals surface area contributed by atoms with E-state index >= 15 is 0 Å². The molecule has 1 aromatic carbocycles. The van der Waals surface area contributed by atoms with Crippen molar-refractivity contribution in [2.45, 2.75) is 13.1 Å². The van der Waals surface area contributed by atoms with Gasteiger partial charge in [0.15, 0.2) is 5.82 Å². The fourth-order valence-corrected chi connectivity index (χ4v) is 1.81. The van der Waals surface area contributed by atoms with Gasteiger partial charge in [-0.1, -0.05) is 5.16 Å². The fourth-order valence-electron chi connectivity index (χ4n) is 1.81. The van der Waals surface area contributed by atoms with Crippen LogP contribution in [0.1, 0.15) is 11.6 Å². The van der Waals surface area contributed by atoms with Gasteiger partial charge < -0.3 is 14.3 Å². The van der Waals surface area contributed by atoms with E-state index in [1.165, 1.54) is 18.5 Å². The third kappa shape index (κ3) is 2.92. The number of nitrogens with zero attached hydrogens (tertiary/aromatic N) is 2. The Balaban J connectivity index is 1.60. The van der Waals surface area contributed by atoms with E-state index in [0.29, 0.717) is 24.7 Å². The van der Waals surface area contributed by atoms with Crippen molar-refractivity contribution in [3.05, 3.63) is 60.2 Å². The minimum absolute atomic E-state index is 0.262. The molecule has 102 valence electrons. The van der Waals surface area contributed by atoms with Gasteiger partial charge in [0.05, 0.1) is 13.1 Å². The Morgan fingerprint density at radius 2 is 1.90 bits per heavy atom. The van der Waals surface area contributed by atoms with Crippen LogP contribution < -0.4 is 5.32 Å². The molecule has 2 aromatic heterocycles. The predicted octanol–water partition coefficient (Wildman–Crippen LogP) is 2.76. The van der Waals surface area contributed by atoms with Gasteiger partial charge in [-0.2, -0.15) is 4.98 Å². The molecule has 0 saturated heterocycles. The number of benzene rings is 1. The number of hydrogen-bond acceptors (Lipinski definition) is 5. The summed E-state index contributed by atoms with van der Waals surface area (Å²) in [6.45, 7) is 1.05. The van der Waals surface area contributed by atoms with Crippen LogP contribution in [-0.4, -0.2) is 10.1 Å². The van der Waals surface area contributed by atoms with Gasteiger partial charge >= 0.3 is 0 Å². The Morgan fingerprint density at radius 3 is 2.65 bits per heavy atom. The van der Waals surface area contributed by atoms with E-state index in [0.717, 1.165) is 11.3 Å². The van der Waals surface area contributed by atoms with Gasteiger partial charge in [0, 0.05) is 5.56 Å². The molecular weight excluding hydrogens is 261 g/mol. The van der Waals surface area contributed by atoms with Gasteiger partial charge in [-0.15, -0.1) is 0 Å². The average Bonchev–Trinajstić information content (AvgIpc) is 3.11. The molecule has 0 aliphatic carbocycles. The van der Waals surface area contributed by atoms with Crippen LogP contribution >= 0.6 is 0 Å². The lowest BCUT2D eigenvalue weighted by molar-refractivity contribution is 0.405. The molecule has 0 saturated carbocycles. The van der Waals surface area contributed by atoms with Gasteiger partial charge in [-0.25, -0.2) is 4.39 Å². The Hall–Kier alpha value is -2.47. The maximum atomic E-state index is 12.8. The number of nitrogens with one attached hydrogen (secondary N) is 1. The Morgan fingerprint density at radius 1 is 1.05 bits per heavy atom. The van der Waals surface area contributed by atoms with Crippen LogP contribution in [0.15, 0.2) is 51.7 Å². The molecule has 6 heteroatoms.